The molecule has 21 heavy (non-hydrogen) atoms. The summed E-state index contributed by atoms with van der Waals surface area (Å²) in [4.78, 5) is 13.7. The number of carbonyl (C=O) groups is 1. The van der Waals surface area contributed by atoms with Crippen LogP contribution in [0.5, 0.6) is 11.5 Å². The number of benzene rings is 2. The average molecular weight is 289 g/mol. The van der Waals surface area contributed by atoms with Crippen molar-refractivity contribution in [3.8, 4) is 11.5 Å². The third kappa shape index (κ3) is 3.13. The molecule has 2 aromatic rings. The van der Waals surface area contributed by atoms with E-state index in [9.17, 15) is 9.18 Å². The van der Waals surface area contributed by atoms with Crippen LogP contribution in [0.1, 0.15) is 10.4 Å². The fourth-order valence-corrected chi connectivity index (χ4v) is 1.90. The first-order chi connectivity index (χ1) is 10.1. The fraction of sp³-hybridized carbons (Fsp3) is 0.188. The molecule has 4 nitrogen and oxygen atoms in total. The van der Waals surface area contributed by atoms with Crippen LogP contribution in [0.15, 0.2) is 42.5 Å². The van der Waals surface area contributed by atoms with Gasteiger partial charge in [-0.3, -0.25) is 4.79 Å². The minimum absolute atomic E-state index is 0.00545. The Morgan fingerprint density at radius 1 is 1.00 bits per heavy atom. The van der Waals surface area contributed by atoms with Crippen LogP contribution in [0.4, 0.5) is 10.1 Å². The zero-order valence-electron chi connectivity index (χ0n) is 12.1. The van der Waals surface area contributed by atoms with Crippen molar-refractivity contribution in [1.82, 2.24) is 0 Å². The van der Waals surface area contributed by atoms with Crippen LogP contribution in [0.2, 0.25) is 0 Å². The molecule has 0 radical (unpaired) electrons. The molecule has 0 aliphatic heterocycles. The van der Waals surface area contributed by atoms with Gasteiger partial charge in [-0.15, -0.1) is 0 Å². The van der Waals surface area contributed by atoms with Gasteiger partial charge in [-0.05, 0) is 36.4 Å². The summed E-state index contributed by atoms with van der Waals surface area (Å²) in [5.41, 5.74) is 0.644. The Kier molecular flexibility index (Phi) is 4.42. The molecule has 0 heterocycles. The minimum Gasteiger partial charge on any atom is -0.497 e. The highest BCUT2D eigenvalue weighted by molar-refractivity contribution is 6.06. The predicted molar refractivity (Wildman–Crippen MR) is 78.7 cm³/mol. The van der Waals surface area contributed by atoms with Gasteiger partial charge in [0, 0.05) is 18.8 Å². The highest BCUT2D eigenvalue weighted by Gasteiger charge is 2.18. The zero-order chi connectivity index (χ0) is 15.4. The second-order valence-electron chi connectivity index (χ2n) is 4.41. The first-order valence-corrected chi connectivity index (χ1v) is 6.32. The maximum atomic E-state index is 13.9. The standard InChI is InChI=1S/C16H16FNO3/c1-18(11-4-6-12(20-2)7-5-11)16(19)14-9-8-13(21-3)10-15(14)17/h4-10H,1-3H3. The second kappa shape index (κ2) is 6.26. The van der Waals surface area contributed by atoms with Crippen LogP contribution in [0.3, 0.4) is 0 Å². The van der Waals surface area contributed by atoms with Gasteiger partial charge in [0.25, 0.3) is 5.91 Å². The summed E-state index contributed by atoms with van der Waals surface area (Å²) in [6, 6.07) is 11.1. The monoisotopic (exact) mass is 289 g/mol. The number of ether oxygens (including phenoxy) is 2. The quantitative estimate of drug-likeness (QED) is 0.868. The molecule has 1 amide bonds. The molecular formula is C16H16FNO3. The minimum atomic E-state index is -0.611. The smallest absolute Gasteiger partial charge is 0.260 e. The van der Waals surface area contributed by atoms with Gasteiger partial charge in [0.05, 0.1) is 19.8 Å². The third-order valence-electron chi connectivity index (χ3n) is 3.17. The van der Waals surface area contributed by atoms with Crippen molar-refractivity contribution in [2.75, 3.05) is 26.2 Å². The number of rotatable bonds is 4. The molecule has 0 bridgehead atoms. The maximum absolute atomic E-state index is 13.9. The Hall–Kier alpha value is -2.56. The van der Waals surface area contributed by atoms with Crippen LogP contribution < -0.4 is 14.4 Å². The number of nitrogens with zero attached hydrogens (tertiary/aromatic N) is 1. The Balaban J connectivity index is 2.25. The molecule has 0 atom stereocenters. The highest BCUT2D eigenvalue weighted by atomic mass is 19.1. The molecule has 110 valence electrons. The van der Waals surface area contributed by atoms with E-state index in [1.165, 1.54) is 24.1 Å². The number of methoxy groups -OCH3 is 2. The summed E-state index contributed by atoms with van der Waals surface area (Å²) in [6.07, 6.45) is 0. The number of halogens is 1. The molecular weight excluding hydrogens is 273 g/mol. The number of carbonyl (C=O) groups excluding carboxylic acids is 1. The molecule has 0 N–H and O–H groups in total. The maximum Gasteiger partial charge on any atom is 0.260 e. The van der Waals surface area contributed by atoms with Crippen LogP contribution in [-0.2, 0) is 0 Å². The number of hydrogen-bond acceptors (Lipinski definition) is 3. The van der Waals surface area contributed by atoms with E-state index in [1.807, 2.05) is 0 Å². The van der Waals surface area contributed by atoms with Crippen molar-refractivity contribution in [1.29, 1.82) is 0 Å². The highest BCUT2D eigenvalue weighted by Crippen LogP contribution is 2.22. The van der Waals surface area contributed by atoms with Crippen molar-refractivity contribution in [2.24, 2.45) is 0 Å². The van der Waals surface area contributed by atoms with Gasteiger partial charge < -0.3 is 14.4 Å². The van der Waals surface area contributed by atoms with Gasteiger partial charge in [0.1, 0.15) is 17.3 Å². The van der Waals surface area contributed by atoms with Gasteiger partial charge in [-0.2, -0.15) is 0 Å². The fourth-order valence-electron chi connectivity index (χ4n) is 1.90. The summed E-state index contributed by atoms with van der Waals surface area (Å²) in [6.45, 7) is 0. The van der Waals surface area contributed by atoms with Crippen molar-refractivity contribution < 1.29 is 18.7 Å². The molecule has 0 aliphatic carbocycles. The van der Waals surface area contributed by atoms with Gasteiger partial charge in [-0.25, -0.2) is 4.39 Å². The van der Waals surface area contributed by atoms with E-state index in [1.54, 1.807) is 44.5 Å². The molecule has 2 rings (SSSR count). The molecule has 0 unspecified atom stereocenters. The van der Waals surface area contributed by atoms with Gasteiger partial charge >= 0.3 is 0 Å². The zero-order valence-corrected chi connectivity index (χ0v) is 12.1. The molecule has 0 aliphatic rings. The largest absolute Gasteiger partial charge is 0.497 e. The van der Waals surface area contributed by atoms with Crippen molar-refractivity contribution in [3.63, 3.8) is 0 Å². The topological polar surface area (TPSA) is 38.8 Å². The molecule has 0 fully saturated rings. The lowest BCUT2D eigenvalue weighted by atomic mass is 10.1. The first-order valence-electron chi connectivity index (χ1n) is 6.32. The predicted octanol–water partition coefficient (Wildman–Crippen LogP) is 3.12. The Morgan fingerprint density at radius 2 is 1.57 bits per heavy atom. The van der Waals surface area contributed by atoms with Gasteiger partial charge in [0.2, 0.25) is 0 Å². The summed E-state index contributed by atoms with van der Waals surface area (Å²) < 4.78 is 23.9. The second-order valence-corrected chi connectivity index (χ2v) is 4.41. The summed E-state index contributed by atoms with van der Waals surface area (Å²) >= 11 is 0. The summed E-state index contributed by atoms with van der Waals surface area (Å²) in [7, 11) is 4.60. The summed E-state index contributed by atoms with van der Waals surface area (Å²) in [5, 5.41) is 0. The van der Waals surface area contributed by atoms with E-state index in [4.69, 9.17) is 9.47 Å². The lowest BCUT2D eigenvalue weighted by Crippen LogP contribution is -2.27. The van der Waals surface area contributed by atoms with E-state index in [0.29, 0.717) is 17.2 Å². The molecule has 5 heteroatoms. The van der Waals surface area contributed by atoms with E-state index < -0.39 is 11.7 Å². The normalized spacial score (nSPS) is 10.1. The Labute approximate surface area is 122 Å². The SMILES string of the molecule is COc1ccc(N(C)C(=O)c2ccc(OC)cc2F)cc1. The number of amides is 1. The lowest BCUT2D eigenvalue weighted by Gasteiger charge is -2.18. The lowest BCUT2D eigenvalue weighted by molar-refractivity contribution is 0.0989. The Bertz CT molecular complexity index is 640. The van der Waals surface area contributed by atoms with Crippen LogP contribution in [0, 0.1) is 5.82 Å². The molecule has 0 spiro atoms. The van der Waals surface area contributed by atoms with Crippen LogP contribution >= 0.6 is 0 Å². The van der Waals surface area contributed by atoms with E-state index >= 15 is 0 Å². The first kappa shape index (κ1) is 14.8. The van der Waals surface area contributed by atoms with E-state index in [2.05, 4.69) is 0 Å². The van der Waals surface area contributed by atoms with E-state index in [0.717, 1.165) is 0 Å². The van der Waals surface area contributed by atoms with Gasteiger partial charge in [0.15, 0.2) is 0 Å². The number of anilines is 1. The van der Waals surface area contributed by atoms with Crippen molar-refractivity contribution in [2.45, 2.75) is 0 Å². The van der Waals surface area contributed by atoms with Crippen molar-refractivity contribution >= 4 is 11.6 Å². The molecule has 0 saturated heterocycles. The van der Waals surface area contributed by atoms with E-state index in [-0.39, 0.29) is 5.56 Å². The van der Waals surface area contributed by atoms with Crippen molar-refractivity contribution in [3.05, 3.63) is 53.8 Å². The molecule has 0 saturated carbocycles. The summed E-state index contributed by atoms with van der Waals surface area (Å²) in [5.74, 6) is 0.0198. The Morgan fingerprint density at radius 3 is 2.10 bits per heavy atom. The third-order valence-corrected chi connectivity index (χ3v) is 3.17. The average Bonchev–Trinajstić information content (AvgIpc) is 2.53. The van der Waals surface area contributed by atoms with Crippen LogP contribution in [-0.4, -0.2) is 27.2 Å². The number of hydrogen-bond donors (Lipinski definition) is 0. The molecule has 0 aromatic heterocycles. The molecule has 2 aromatic carbocycles. The van der Waals surface area contributed by atoms with Crippen LogP contribution in [0.25, 0.3) is 0 Å². The van der Waals surface area contributed by atoms with Gasteiger partial charge in [-0.1, -0.05) is 0 Å².